The van der Waals surface area contributed by atoms with Crippen molar-refractivity contribution in [3.63, 3.8) is 0 Å². The molecule has 2 rings (SSSR count). The number of likely N-dealkylation sites (N-methyl/N-ethyl adjacent to an activating group) is 1. The highest BCUT2D eigenvalue weighted by Crippen LogP contribution is 2.38. The molecule has 106 valence electrons. The highest BCUT2D eigenvalue weighted by Gasteiger charge is 2.41. The number of nitrogens with zero attached hydrogens (tertiary/aromatic N) is 1. The fraction of sp³-hybridized carbons (Fsp3) is 0.600. The van der Waals surface area contributed by atoms with E-state index in [1.807, 2.05) is 23.9 Å². The van der Waals surface area contributed by atoms with Gasteiger partial charge < -0.3 is 5.73 Å². The van der Waals surface area contributed by atoms with Gasteiger partial charge in [0.15, 0.2) is 0 Å². The maximum atomic E-state index is 13.8. The van der Waals surface area contributed by atoms with Crippen molar-refractivity contribution in [1.29, 1.82) is 0 Å². The van der Waals surface area contributed by atoms with E-state index >= 15 is 0 Å². The molecule has 4 heteroatoms. The van der Waals surface area contributed by atoms with Gasteiger partial charge in [-0.15, -0.1) is 0 Å². The predicted octanol–water partition coefficient (Wildman–Crippen LogP) is 2.87. The van der Waals surface area contributed by atoms with E-state index < -0.39 is 0 Å². The Kier molecular flexibility index (Phi) is 4.87. The smallest absolute Gasteiger partial charge is 0.127 e. The quantitative estimate of drug-likeness (QED) is 0.921. The summed E-state index contributed by atoms with van der Waals surface area (Å²) in [4.78, 5) is 2.25. The van der Waals surface area contributed by atoms with Gasteiger partial charge in [-0.3, -0.25) is 4.90 Å². The Balaban J connectivity index is 2.17. The maximum Gasteiger partial charge on any atom is 0.127 e. The fourth-order valence-corrected chi connectivity index (χ4v) is 4.33. The van der Waals surface area contributed by atoms with Gasteiger partial charge in [0.05, 0.1) is 0 Å². The molecule has 1 aliphatic heterocycles. The van der Waals surface area contributed by atoms with Crippen LogP contribution in [0, 0.1) is 5.82 Å². The number of rotatable bonds is 4. The van der Waals surface area contributed by atoms with E-state index in [0.29, 0.717) is 18.3 Å². The van der Waals surface area contributed by atoms with Gasteiger partial charge in [-0.25, -0.2) is 4.39 Å². The van der Waals surface area contributed by atoms with Crippen LogP contribution in [-0.2, 0) is 6.54 Å². The topological polar surface area (TPSA) is 29.3 Å². The first-order chi connectivity index (χ1) is 9.10. The van der Waals surface area contributed by atoms with E-state index in [1.165, 1.54) is 18.2 Å². The molecule has 2 atom stereocenters. The van der Waals surface area contributed by atoms with Crippen molar-refractivity contribution in [2.24, 2.45) is 5.73 Å². The lowest BCUT2D eigenvalue weighted by Gasteiger charge is -2.48. The van der Waals surface area contributed by atoms with Crippen LogP contribution in [0.4, 0.5) is 4.39 Å². The summed E-state index contributed by atoms with van der Waals surface area (Å²) >= 11 is 1.98. The first-order valence-corrected chi connectivity index (χ1v) is 7.91. The third-order valence-electron chi connectivity index (χ3n) is 4.36. The Bertz CT molecular complexity index is 426. The average Bonchev–Trinajstić information content (AvgIpc) is 2.42. The summed E-state index contributed by atoms with van der Waals surface area (Å²) in [7, 11) is 2.07. The number of benzene rings is 1. The highest BCUT2D eigenvalue weighted by molar-refractivity contribution is 8.00. The second-order valence-electron chi connectivity index (χ2n) is 5.37. The molecule has 2 nitrogen and oxygen atoms in total. The SMILES string of the molecule is CC1SCCCC1(CN)N(C)Cc1ccccc1F. The Morgan fingerprint density at radius 1 is 1.47 bits per heavy atom. The summed E-state index contributed by atoms with van der Waals surface area (Å²) in [6, 6.07) is 7.01. The van der Waals surface area contributed by atoms with Crippen molar-refractivity contribution >= 4 is 11.8 Å². The molecule has 0 radical (unpaired) electrons. The zero-order valence-electron chi connectivity index (χ0n) is 11.7. The third kappa shape index (κ3) is 2.96. The number of nitrogens with two attached hydrogens (primary N) is 1. The molecule has 0 spiro atoms. The van der Waals surface area contributed by atoms with Crippen LogP contribution >= 0.6 is 11.8 Å². The van der Waals surface area contributed by atoms with E-state index in [1.54, 1.807) is 6.07 Å². The molecular formula is C15H23FN2S. The summed E-state index contributed by atoms with van der Waals surface area (Å²) < 4.78 is 13.8. The van der Waals surface area contributed by atoms with Gasteiger partial charge in [0.25, 0.3) is 0 Å². The minimum Gasteiger partial charge on any atom is -0.329 e. The molecule has 0 bridgehead atoms. The molecule has 0 amide bonds. The van der Waals surface area contributed by atoms with Crippen LogP contribution in [0.2, 0.25) is 0 Å². The molecule has 0 aromatic heterocycles. The summed E-state index contributed by atoms with van der Waals surface area (Å²) in [5, 5.41) is 0.489. The molecule has 1 aliphatic rings. The van der Waals surface area contributed by atoms with Crippen LogP contribution in [-0.4, -0.2) is 35.0 Å². The van der Waals surface area contributed by atoms with E-state index in [2.05, 4.69) is 18.9 Å². The second kappa shape index (κ2) is 6.25. The van der Waals surface area contributed by atoms with E-state index in [0.717, 1.165) is 12.0 Å². The largest absolute Gasteiger partial charge is 0.329 e. The van der Waals surface area contributed by atoms with Crippen molar-refractivity contribution < 1.29 is 4.39 Å². The standard InChI is InChI=1S/C15H23FN2S/c1-12-15(11-17,8-5-9-19-12)18(2)10-13-6-3-4-7-14(13)16/h3-4,6-7,12H,5,8-11,17H2,1-2H3. The first kappa shape index (κ1) is 14.8. The third-order valence-corrected chi connectivity index (χ3v) is 5.82. The van der Waals surface area contributed by atoms with Gasteiger partial charge in [0, 0.05) is 29.4 Å². The normalized spacial score (nSPS) is 27.7. The second-order valence-corrected chi connectivity index (χ2v) is 6.82. The summed E-state index contributed by atoms with van der Waals surface area (Å²) in [6.45, 7) is 3.50. The van der Waals surface area contributed by atoms with E-state index in [-0.39, 0.29) is 11.4 Å². The monoisotopic (exact) mass is 282 g/mol. The molecule has 1 aromatic rings. The molecule has 0 aliphatic carbocycles. The molecule has 19 heavy (non-hydrogen) atoms. The zero-order valence-corrected chi connectivity index (χ0v) is 12.5. The van der Waals surface area contributed by atoms with Crippen molar-refractivity contribution in [3.05, 3.63) is 35.6 Å². The molecular weight excluding hydrogens is 259 g/mol. The lowest BCUT2D eigenvalue weighted by atomic mass is 9.87. The summed E-state index contributed by atoms with van der Waals surface area (Å²) in [5.41, 5.74) is 6.81. The van der Waals surface area contributed by atoms with Gasteiger partial charge in [-0.1, -0.05) is 25.1 Å². The van der Waals surface area contributed by atoms with Crippen molar-refractivity contribution in [2.45, 2.75) is 37.1 Å². The number of hydrogen-bond acceptors (Lipinski definition) is 3. The minimum atomic E-state index is -0.127. The van der Waals surface area contributed by atoms with Crippen LogP contribution in [0.1, 0.15) is 25.3 Å². The number of halogens is 1. The summed E-state index contributed by atoms with van der Waals surface area (Å²) in [5.74, 6) is 1.08. The van der Waals surface area contributed by atoms with Gasteiger partial charge in [0.2, 0.25) is 0 Å². The van der Waals surface area contributed by atoms with Crippen LogP contribution in [0.3, 0.4) is 0 Å². The van der Waals surface area contributed by atoms with E-state index in [4.69, 9.17) is 5.73 Å². The minimum absolute atomic E-state index is 0.00873. The first-order valence-electron chi connectivity index (χ1n) is 6.86. The molecule has 2 unspecified atom stereocenters. The molecule has 0 saturated carbocycles. The van der Waals surface area contributed by atoms with Crippen molar-refractivity contribution in [2.75, 3.05) is 19.3 Å². The molecule has 1 fully saturated rings. The molecule has 1 saturated heterocycles. The van der Waals surface area contributed by atoms with Gasteiger partial charge >= 0.3 is 0 Å². The predicted molar refractivity (Wildman–Crippen MR) is 80.8 cm³/mol. The van der Waals surface area contributed by atoms with Crippen molar-refractivity contribution in [3.8, 4) is 0 Å². The van der Waals surface area contributed by atoms with Gasteiger partial charge in [0.1, 0.15) is 5.82 Å². The zero-order chi connectivity index (χ0) is 13.9. The Hall–Kier alpha value is -0.580. The van der Waals surface area contributed by atoms with Gasteiger partial charge in [-0.05, 0) is 31.7 Å². The van der Waals surface area contributed by atoms with Gasteiger partial charge in [-0.2, -0.15) is 11.8 Å². The lowest BCUT2D eigenvalue weighted by molar-refractivity contribution is 0.103. The molecule has 2 N–H and O–H groups in total. The van der Waals surface area contributed by atoms with Crippen LogP contribution in [0.25, 0.3) is 0 Å². The fourth-order valence-electron chi connectivity index (χ4n) is 2.96. The Morgan fingerprint density at radius 3 is 2.84 bits per heavy atom. The van der Waals surface area contributed by atoms with Crippen LogP contribution in [0.5, 0.6) is 0 Å². The van der Waals surface area contributed by atoms with Crippen LogP contribution in [0.15, 0.2) is 24.3 Å². The average molecular weight is 282 g/mol. The number of thioether (sulfide) groups is 1. The van der Waals surface area contributed by atoms with Crippen LogP contribution < -0.4 is 5.73 Å². The van der Waals surface area contributed by atoms with E-state index in [9.17, 15) is 4.39 Å². The molecule has 1 aromatic carbocycles. The number of hydrogen-bond donors (Lipinski definition) is 1. The maximum absolute atomic E-state index is 13.8. The Morgan fingerprint density at radius 2 is 2.21 bits per heavy atom. The Labute approximate surface area is 119 Å². The van der Waals surface area contributed by atoms with Crippen molar-refractivity contribution in [1.82, 2.24) is 4.90 Å². The molecule has 1 heterocycles. The highest BCUT2D eigenvalue weighted by atomic mass is 32.2. The summed E-state index contributed by atoms with van der Waals surface area (Å²) in [6.07, 6.45) is 2.29. The lowest BCUT2D eigenvalue weighted by Crippen LogP contribution is -2.59.